The van der Waals surface area contributed by atoms with Crippen LogP contribution in [-0.2, 0) is 16.8 Å². The van der Waals surface area contributed by atoms with Gasteiger partial charge in [0.2, 0.25) is 0 Å². The van der Waals surface area contributed by atoms with Gasteiger partial charge in [-0.3, -0.25) is 0 Å². The van der Waals surface area contributed by atoms with Crippen molar-refractivity contribution in [2.24, 2.45) is 0 Å². The van der Waals surface area contributed by atoms with E-state index in [1.54, 1.807) is 18.2 Å². The van der Waals surface area contributed by atoms with Crippen molar-refractivity contribution in [1.29, 1.82) is 0 Å². The summed E-state index contributed by atoms with van der Waals surface area (Å²) in [6, 6.07) is 13.2. The summed E-state index contributed by atoms with van der Waals surface area (Å²) in [5, 5.41) is 3.59. The van der Waals surface area contributed by atoms with E-state index in [9.17, 15) is 8.78 Å². The van der Waals surface area contributed by atoms with Crippen molar-refractivity contribution in [2.45, 2.75) is 31.5 Å². The van der Waals surface area contributed by atoms with Gasteiger partial charge in [0.05, 0.1) is 0 Å². The molecule has 1 heterocycles. The lowest BCUT2D eigenvalue weighted by Gasteiger charge is -2.39. The van der Waals surface area contributed by atoms with Gasteiger partial charge in [0.1, 0.15) is 5.75 Å². The second-order valence-electron chi connectivity index (χ2n) is 6.19. The molecule has 0 spiro atoms. The predicted octanol–water partition coefficient (Wildman–Crippen LogP) is 5.61. The van der Waals surface area contributed by atoms with E-state index in [2.05, 4.69) is 54.0 Å². The Morgan fingerprint density at radius 1 is 1.08 bits per heavy atom. The molecule has 0 atom stereocenters. The van der Waals surface area contributed by atoms with Gasteiger partial charge in [0, 0.05) is 39.8 Å². The van der Waals surface area contributed by atoms with Crippen LogP contribution in [0.4, 0.5) is 8.78 Å². The summed E-state index contributed by atoms with van der Waals surface area (Å²) in [5.41, 5.74) is 1.56. The van der Waals surface area contributed by atoms with Gasteiger partial charge in [-0.25, -0.2) is 0 Å². The summed E-state index contributed by atoms with van der Waals surface area (Å²) in [7, 11) is 0. The van der Waals surface area contributed by atoms with Crippen LogP contribution < -0.4 is 10.1 Å². The number of nitrogens with one attached hydrogen (secondary N) is 1. The second-order valence-corrected chi connectivity index (χ2v) is 8.02. The van der Waals surface area contributed by atoms with Crippen LogP contribution >= 0.6 is 31.9 Å². The van der Waals surface area contributed by atoms with Crippen molar-refractivity contribution >= 4 is 31.9 Å². The number of hydrogen-bond donors (Lipinski definition) is 1. The summed E-state index contributed by atoms with van der Waals surface area (Å²) >= 11 is 6.93. The standard InChI is InChI=1S/C19H19Br2F2NO2/c20-15-3-1-2-14(11-15)19(6-8-25-9-7-19)24-12-13-10-16(21)4-5-17(13)26-18(22)23/h1-5,10-11,18,24H,6-9,12H2. The molecule has 0 aromatic heterocycles. The Labute approximate surface area is 168 Å². The Hall–Kier alpha value is -1.02. The Balaban J connectivity index is 1.86. The number of alkyl halides is 2. The molecule has 1 saturated heterocycles. The predicted molar refractivity (Wildman–Crippen MR) is 103 cm³/mol. The van der Waals surface area contributed by atoms with Crippen molar-refractivity contribution in [1.82, 2.24) is 5.32 Å². The van der Waals surface area contributed by atoms with Crippen LogP contribution in [0.3, 0.4) is 0 Å². The first-order valence-electron chi connectivity index (χ1n) is 8.31. The zero-order chi connectivity index (χ0) is 18.6. The van der Waals surface area contributed by atoms with E-state index in [-0.39, 0.29) is 11.3 Å². The van der Waals surface area contributed by atoms with Gasteiger partial charge >= 0.3 is 6.61 Å². The van der Waals surface area contributed by atoms with Crippen LogP contribution in [0.5, 0.6) is 5.75 Å². The average Bonchev–Trinajstić information content (AvgIpc) is 2.62. The normalized spacial score (nSPS) is 16.7. The molecule has 0 radical (unpaired) electrons. The van der Waals surface area contributed by atoms with E-state index in [1.807, 2.05) is 12.1 Å². The third kappa shape index (κ3) is 4.82. The van der Waals surface area contributed by atoms with Crippen LogP contribution in [-0.4, -0.2) is 19.8 Å². The number of rotatable bonds is 6. The smallest absolute Gasteiger partial charge is 0.387 e. The van der Waals surface area contributed by atoms with E-state index in [4.69, 9.17) is 4.74 Å². The van der Waals surface area contributed by atoms with Crippen molar-refractivity contribution in [2.75, 3.05) is 13.2 Å². The fraction of sp³-hybridized carbons (Fsp3) is 0.368. The van der Waals surface area contributed by atoms with Crippen molar-refractivity contribution in [3.05, 3.63) is 62.5 Å². The summed E-state index contributed by atoms with van der Waals surface area (Å²) in [6.07, 6.45) is 1.62. The third-order valence-corrected chi connectivity index (χ3v) is 5.57. The lowest BCUT2D eigenvalue weighted by molar-refractivity contribution is -0.0506. The maximum absolute atomic E-state index is 12.7. The van der Waals surface area contributed by atoms with Gasteiger partial charge in [0.15, 0.2) is 0 Å². The zero-order valence-corrected chi connectivity index (χ0v) is 17.2. The monoisotopic (exact) mass is 489 g/mol. The molecule has 2 aromatic rings. The van der Waals surface area contributed by atoms with Gasteiger partial charge in [-0.05, 0) is 48.7 Å². The largest absolute Gasteiger partial charge is 0.434 e. The number of benzene rings is 2. The van der Waals surface area contributed by atoms with Gasteiger partial charge < -0.3 is 14.8 Å². The molecule has 0 amide bonds. The first-order chi connectivity index (χ1) is 12.5. The number of hydrogen-bond acceptors (Lipinski definition) is 3. The molecule has 140 valence electrons. The maximum atomic E-state index is 12.7. The Morgan fingerprint density at radius 3 is 2.50 bits per heavy atom. The second kappa shape index (κ2) is 8.78. The van der Waals surface area contributed by atoms with E-state index < -0.39 is 6.61 Å². The average molecular weight is 491 g/mol. The van der Waals surface area contributed by atoms with Crippen LogP contribution in [0.2, 0.25) is 0 Å². The molecule has 1 N–H and O–H groups in total. The third-order valence-electron chi connectivity index (χ3n) is 4.58. The topological polar surface area (TPSA) is 30.5 Å². The Kier molecular flexibility index (Phi) is 6.66. The molecule has 1 aliphatic heterocycles. The minimum atomic E-state index is -2.85. The van der Waals surface area contributed by atoms with E-state index >= 15 is 0 Å². The minimum absolute atomic E-state index is 0.187. The van der Waals surface area contributed by atoms with Gasteiger partial charge in [-0.1, -0.05) is 44.0 Å². The van der Waals surface area contributed by atoms with Crippen molar-refractivity contribution in [3.8, 4) is 5.75 Å². The molecule has 0 aliphatic carbocycles. The minimum Gasteiger partial charge on any atom is -0.434 e. The van der Waals surface area contributed by atoms with Crippen LogP contribution in [0.15, 0.2) is 51.4 Å². The van der Waals surface area contributed by atoms with E-state index in [0.717, 1.165) is 27.4 Å². The van der Waals surface area contributed by atoms with Crippen LogP contribution in [0.25, 0.3) is 0 Å². The molecule has 2 aromatic carbocycles. The molecule has 0 saturated carbocycles. The van der Waals surface area contributed by atoms with Gasteiger partial charge in [-0.15, -0.1) is 0 Å². The highest BCUT2D eigenvalue weighted by atomic mass is 79.9. The van der Waals surface area contributed by atoms with Gasteiger partial charge in [-0.2, -0.15) is 8.78 Å². The quantitative estimate of drug-likeness (QED) is 0.571. The highest BCUT2D eigenvalue weighted by Crippen LogP contribution is 2.35. The molecule has 1 fully saturated rings. The summed E-state index contributed by atoms with van der Waals surface area (Å²) < 4.78 is 37.4. The molecule has 7 heteroatoms. The lowest BCUT2D eigenvalue weighted by atomic mass is 9.82. The molecule has 0 unspecified atom stereocenters. The van der Waals surface area contributed by atoms with Crippen molar-refractivity contribution in [3.63, 3.8) is 0 Å². The number of ether oxygens (including phenoxy) is 2. The first-order valence-corrected chi connectivity index (χ1v) is 9.89. The molecule has 0 bridgehead atoms. The zero-order valence-electron chi connectivity index (χ0n) is 14.0. The highest BCUT2D eigenvalue weighted by molar-refractivity contribution is 9.10. The summed E-state index contributed by atoms with van der Waals surface area (Å²) in [5.74, 6) is 0.187. The first kappa shape index (κ1) is 19.7. The Morgan fingerprint density at radius 2 is 1.81 bits per heavy atom. The maximum Gasteiger partial charge on any atom is 0.387 e. The SMILES string of the molecule is FC(F)Oc1ccc(Br)cc1CNC1(c2cccc(Br)c2)CCOCC1. The van der Waals surface area contributed by atoms with Crippen LogP contribution in [0.1, 0.15) is 24.0 Å². The molecule has 1 aliphatic rings. The highest BCUT2D eigenvalue weighted by Gasteiger charge is 2.34. The fourth-order valence-electron chi connectivity index (χ4n) is 3.24. The summed E-state index contributed by atoms with van der Waals surface area (Å²) in [4.78, 5) is 0. The van der Waals surface area contributed by atoms with Crippen molar-refractivity contribution < 1.29 is 18.3 Å². The molecule has 26 heavy (non-hydrogen) atoms. The number of halogens is 4. The summed E-state index contributed by atoms with van der Waals surface area (Å²) in [6.45, 7) is -1.14. The molecule has 3 nitrogen and oxygen atoms in total. The van der Waals surface area contributed by atoms with Crippen LogP contribution in [0, 0.1) is 0 Å². The lowest BCUT2D eigenvalue weighted by Crippen LogP contribution is -2.46. The van der Waals surface area contributed by atoms with E-state index in [1.165, 1.54) is 0 Å². The van der Waals surface area contributed by atoms with E-state index in [0.29, 0.717) is 25.3 Å². The molecule has 3 rings (SSSR count). The fourth-order valence-corrected chi connectivity index (χ4v) is 4.04. The molecular formula is C19H19Br2F2NO2. The van der Waals surface area contributed by atoms with Gasteiger partial charge in [0.25, 0.3) is 0 Å². The molecular weight excluding hydrogens is 472 g/mol. The Bertz CT molecular complexity index is 752.